The molecule has 0 aliphatic carbocycles. The first-order chi connectivity index (χ1) is 34.9. The third-order valence-corrected chi connectivity index (χ3v) is 11.3. The second kappa shape index (κ2) is 12.6. The lowest BCUT2D eigenvalue weighted by atomic mass is 9.98. The topological polar surface area (TPSA) is 48.5 Å². The summed E-state index contributed by atoms with van der Waals surface area (Å²) in [5.74, 6) is -1.05. The van der Waals surface area contributed by atoms with Crippen LogP contribution in [0.4, 0.5) is 0 Å². The number of hydrogen-bond acceptors (Lipinski definition) is 4. The summed E-state index contributed by atoms with van der Waals surface area (Å²) in [6, 6.07) is 19.4. The van der Waals surface area contributed by atoms with E-state index in [0.717, 1.165) is 36.1 Å². The smallest absolute Gasteiger partial charge is 0.240 e. The molecule has 5 nitrogen and oxygen atoms in total. The second-order valence-electron chi connectivity index (χ2n) is 13.3. The molecule has 0 aliphatic heterocycles. The van der Waals surface area contributed by atoms with Gasteiger partial charge in [0.2, 0.25) is 11.9 Å². The van der Waals surface area contributed by atoms with Crippen LogP contribution in [0.3, 0.4) is 0 Å². The van der Waals surface area contributed by atoms with E-state index in [-0.39, 0.29) is 49.4 Å². The highest BCUT2D eigenvalue weighted by atomic mass is 32.1. The normalized spacial score (nSPS) is 15.8. The maximum atomic E-state index is 9.18. The Kier molecular flexibility index (Phi) is 4.40. The van der Waals surface area contributed by atoms with Gasteiger partial charge in [-0.3, -0.25) is 9.13 Å². The molecule has 4 heterocycles. The standard InChI is InChI=1S/C51H31N5S/c1-6-19-43-37(14-1)38-15-2-7-20-44(38)55(43)50-52-49(53-51(54-50)56-45-21-8-3-16-39(45)40-17-4-9-22-46(40)56)33-26-24-32(25-27-33)34-12-11-13-35(30-34)36-28-29-42-41-18-5-10-23-47(41)57-48(42)31-36/h1-31H/i1D,2D,3D,4D,6D,7D,8D,9D,14D,15D,16D,17D,19D,20D,21D,22D. The monoisotopic (exact) mass is 761 g/mol. The quantitative estimate of drug-likeness (QED) is 0.175. The summed E-state index contributed by atoms with van der Waals surface area (Å²) >= 11 is 1.73. The van der Waals surface area contributed by atoms with Gasteiger partial charge in [-0.05, 0) is 64.6 Å². The molecule has 12 rings (SSSR count). The van der Waals surface area contributed by atoms with Crippen LogP contribution in [-0.2, 0) is 0 Å². The van der Waals surface area contributed by atoms with Crippen LogP contribution in [0.15, 0.2) is 188 Å². The summed E-state index contributed by atoms with van der Waals surface area (Å²) in [5, 5.41) is 1.35. The van der Waals surface area contributed by atoms with E-state index in [9.17, 15) is 5.48 Å². The molecular weight excluding hydrogens is 715 g/mol. The SMILES string of the molecule is [2H]c1c([2H])c([2H])c2c(c1[2H])c1c([2H])c([2H])c([2H])c([2H])c1n2-c1nc(-c2ccc(-c3cccc(-c4ccc5c(c4)sc4ccccc45)c3)cc2)nc(-n2c3c([2H])c([2H])c([2H])c([2H])c3c3c([2H])c([2H])c([2H])c([2H])c32)n1. The van der Waals surface area contributed by atoms with Crippen molar-refractivity contribution in [3.63, 3.8) is 0 Å². The lowest BCUT2D eigenvalue weighted by Crippen LogP contribution is -2.10. The fourth-order valence-corrected chi connectivity index (χ4v) is 8.67. The van der Waals surface area contributed by atoms with Crippen LogP contribution in [0, 0.1) is 0 Å². The lowest BCUT2D eigenvalue weighted by Gasteiger charge is -2.13. The fraction of sp³-hybridized carbons (Fsp3) is 0. The van der Waals surface area contributed by atoms with Crippen molar-refractivity contribution in [3.8, 4) is 45.5 Å². The summed E-state index contributed by atoms with van der Waals surface area (Å²) in [4.78, 5) is 14.4. The molecule has 0 N–H and O–H groups in total. The summed E-state index contributed by atoms with van der Waals surface area (Å²) in [7, 11) is 0. The fourth-order valence-electron chi connectivity index (χ4n) is 7.52. The van der Waals surface area contributed by atoms with Crippen LogP contribution in [0.1, 0.15) is 21.9 Å². The van der Waals surface area contributed by atoms with Crippen molar-refractivity contribution < 1.29 is 21.9 Å². The molecule has 0 radical (unpaired) electrons. The van der Waals surface area contributed by atoms with E-state index >= 15 is 0 Å². The highest BCUT2D eigenvalue weighted by Crippen LogP contribution is 2.38. The lowest BCUT2D eigenvalue weighted by molar-refractivity contribution is 0.893. The first-order valence-corrected chi connectivity index (χ1v) is 18.6. The van der Waals surface area contributed by atoms with Crippen molar-refractivity contribution in [1.82, 2.24) is 24.1 Å². The van der Waals surface area contributed by atoms with Crippen molar-refractivity contribution in [2.75, 3.05) is 0 Å². The third kappa shape index (κ3) is 5.04. The van der Waals surface area contributed by atoms with E-state index in [1.807, 2.05) is 42.5 Å². The number of rotatable bonds is 5. The maximum absolute atomic E-state index is 9.18. The average Bonchev–Trinajstić information content (AvgIpc) is 4.09. The molecule has 0 bridgehead atoms. The molecule has 12 aromatic rings. The highest BCUT2D eigenvalue weighted by Gasteiger charge is 2.20. The van der Waals surface area contributed by atoms with Gasteiger partial charge in [0.1, 0.15) is 0 Å². The van der Waals surface area contributed by atoms with E-state index in [1.54, 1.807) is 23.5 Å². The largest absolute Gasteiger partial charge is 0.278 e. The Morgan fingerprint density at radius 1 is 0.368 bits per heavy atom. The zero-order chi connectivity index (χ0) is 51.4. The molecule has 266 valence electrons. The third-order valence-electron chi connectivity index (χ3n) is 10.1. The van der Waals surface area contributed by atoms with E-state index in [1.165, 1.54) is 15.5 Å². The first kappa shape index (κ1) is 20.0. The van der Waals surface area contributed by atoms with Gasteiger partial charge in [0.25, 0.3) is 0 Å². The van der Waals surface area contributed by atoms with Crippen molar-refractivity contribution in [1.29, 1.82) is 0 Å². The number of nitrogens with zero attached hydrogens (tertiary/aromatic N) is 5. The molecular formula is C51H31N5S. The number of aromatic nitrogens is 5. The Morgan fingerprint density at radius 3 is 1.40 bits per heavy atom. The predicted octanol–water partition coefficient (Wildman–Crippen LogP) is 13.4. The number of thiophene rings is 1. The van der Waals surface area contributed by atoms with Gasteiger partial charge in [-0.15, -0.1) is 11.3 Å². The average molecular weight is 762 g/mol. The highest BCUT2D eigenvalue weighted by molar-refractivity contribution is 7.25. The molecule has 8 aromatic carbocycles. The van der Waals surface area contributed by atoms with Crippen LogP contribution in [0.2, 0.25) is 0 Å². The summed E-state index contributed by atoms with van der Waals surface area (Å²) in [6.45, 7) is 0. The van der Waals surface area contributed by atoms with Crippen molar-refractivity contribution in [2.45, 2.75) is 0 Å². The van der Waals surface area contributed by atoms with Crippen LogP contribution in [-0.4, -0.2) is 24.1 Å². The molecule has 0 aliphatic rings. The summed E-state index contributed by atoms with van der Waals surface area (Å²) in [5.41, 5.74) is 2.75. The maximum Gasteiger partial charge on any atom is 0.240 e. The molecule has 0 fully saturated rings. The van der Waals surface area contributed by atoms with Crippen LogP contribution in [0.25, 0.3) is 109 Å². The minimum absolute atomic E-state index is 0.134. The van der Waals surface area contributed by atoms with Crippen LogP contribution in [0.5, 0.6) is 0 Å². The minimum Gasteiger partial charge on any atom is -0.278 e. The Balaban J connectivity index is 1.13. The summed E-state index contributed by atoms with van der Waals surface area (Å²) < 4.78 is 146. The minimum atomic E-state index is -0.694. The van der Waals surface area contributed by atoms with Gasteiger partial charge in [-0.2, -0.15) is 15.0 Å². The van der Waals surface area contributed by atoms with Crippen molar-refractivity contribution in [3.05, 3.63) is 188 Å². The predicted molar refractivity (Wildman–Crippen MR) is 238 cm³/mol. The molecule has 0 spiro atoms. The van der Waals surface area contributed by atoms with Crippen LogP contribution < -0.4 is 0 Å². The molecule has 57 heavy (non-hydrogen) atoms. The van der Waals surface area contributed by atoms with Gasteiger partial charge in [-0.1, -0.05) is 145 Å². The Morgan fingerprint density at radius 2 is 0.825 bits per heavy atom. The van der Waals surface area contributed by atoms with Gasteiger partial charge in [0.05, 0.1) is 44.0 Å². The molecule has 0 unspecified atom stereocenters. The van der Waals surface area contributed by atoms with Gasteiger partial charge in [-0.25, -0.2) is 0 Å². The van der Waals surface area contributed by atoms with Gasteiger partial charge in [0.15, 0.2) is 5.82 Å². The van der Waals surface area contributed by atoms with E-state index < -0.39 is 109 Å². The molecule has 6 heteroatoms. The van der Waals surface area contributed by atoms with Gasteiger partial charge in [0, 0.05) is 47.3 Å². The number of para-hydroxylation sites is 4. The Bertz CT molecular complexity index is 4140. The molecule has 0 saturated carbocycles. The van der Waals surface area contributed by atoms with E-state index in [4.69, 9.17) is 31.4 Å². The first-order valence-electron chi connectivity index (χ1n) is 25.8. The van der Waals surface area contributed by atoms with Gasteiger partial charge < -0.3 is 0 Å². The molecule has 0 atom stereocenters. The van der Waals surface area contributed by atoms with E-state index in [0.29, 0.717) is 5.56 Å². The van der Waals surface area contributed by atoms with Crippen LogP contribution >= 0.6 is 11.3 Å². The molecule has 0 amide bonds. The Labute approximate surface area is 353 Å². The Hall–Kier alpha value is -7.41. The van der Waals surface area contributed by atoms with E-state index in [2.05, 4.69) is 36.4 Å². The summed E-state index contributed by atoms with van der Waals surface area (Å²) in [6.07, 6.45) is 0. The number of benzene rings is 8. The second-order valence-corrected chi connectivity index (χ2v) is 14.4. The zero-order valence-corrected chi connectivity index (χ0v) is 30.1. The number of fused-ring (bicyclic) bond motifs is 9. The van der Waals surface area contributed by atoms with Gasteiger partial charge >= 0.3 is 0 Å². The molecule has 0 saturated heterocycles. The molecule has 4 aromatic heterocycles. The van der Waals surface area contributed by atoms with Crippen molar-refractivity contribution >= 4 is 75.1 Å². The zero-order valence-electron chi connectivity index (χ0n) is 45.3. The number of hydrogen-bond donors (Lipinski definition) is 0. The van der Waals surface area contributed by atoms with Crippen molar-refractivity contribution in [2.24, 2.45) is 0 Å².